The van der Waals surface area contributed by atoms with Gasteiger partial charge in [-0.05, 0) is 29.1 Å². The van der Waals surface area contributed by atoms with Crippen LogP contribution in [0.4, 0.5) is 5.69 Å². The van der Waals surface area contributed by atoms with E-state index in [2.05, 4.69) is 5.32 Å². The average Bonchev–Trinajstić information content (AvgIpc) is 2.96. The second kappa shape index (κ2) is 6.26. The number of rotatable bonds is 4. The first-order chi connectivity index (χ1) is 10.9. The normalized spacial score (nSPS) is 19.9. The Balaban J connectivity index is 2.01. The molecule has 6 nitrogen and oxygen atoms in total. The molecule has 2 unspecified atom stereocenters. The number of halogens is 1. The molecule has 0 spiro atoms. The second-order valence-electron chi connectivity index (χ2n) is 4.98. The quantitative estimate of drug-likeness (QED) is 0.805. The largest absolute Gasteiger partial charge is 0.434 e. The lowest BCUT2D eigenvalue weighted by atomic mass is 10.1. The summed E-state index contributed by atoms with van der Waals surface area (Å²) >= 11 is 7.19. The van der Waals surface area contributed by atoms with Crippen molar-refractivity contribution in [1.29, 1.82) is 0 Å². The maximum atomic E-state index is 12.5. The highest BCUT2D eigenvalue weighted by atomic mass is 35.5. The van der Waals surface area contributed by atoms with Crippen LogP contribution in [0.25, 0.3) is 0 Å². The zero-order valence-corrected chi connectivity index (χ0v) is 14.6. The van der Waals surface area contributed by atoms with Gasteiger partial charge in [-0.3, -0.25) is 14.0 Å². The molecule has 3 rings (SSSR count). The molecule has 1 aliphatic heterocycles. The van der Waals surface area contributed by atoms with Crippen LogP contribution in [0.1, 0.15) is 15.2 Å². The molecule has 0 saturated carbocycles. The summed E-state index contributed by atoms with van der Waals surface area (Å²) in [6, 6.07) is 8.77. The molecular weight excluding hydrogens is 359 g/mol. The van der Waals surface area contributed by atoms with Crippen molar-refractivity contribution in [2.24, 2.45) is 0 Å². The first kappa shape index (κ1) is 16.5. The first-order valence-electron chi connectivity index (χ1n) is 6.73. The molecule has 122 valence electrons. The van der Waals surface area contributed by atoms with Gasteiger partial charge in [0.25, 0.3) is 5.91 Å². The van der Waals surface area contributed by atoms with Gasteiger partial charge in [-0.2, -0.15) is 0 Å². The molecule has 9 heteroatoms. The minimum absolute atomic E-state index is 0.269. The molecule has 2 aromatic rings. The Labute approximate surface area is 142 Å². The van der Waals surface area contributed by atoms with Crippen molar-refractivity contribution in [3.05, 3.63) is 51.2 Å². The predicted octanol–water partition coefficient (Wildman–Crippen LogP) is 3.27. The summed E-state index contributed by atoms with van der Waals surface area (Å²) in [5, 5.41) is 5.02. The number of fused-ring (bicyclic) bond motifs is 1. The summed E-state index contributed by atoms with van der Waals surface area (Å²) in [5.74, 6) is -0.269. The molecule has 1 amide bonds. The van der Waals surface area contributed by atoms with Crippen molar-refractivity contribution in [3.63, 3.8) is 0 Å². The summed E-state index contributed by atoms with van der Waals surface area (Å²) in [7, 11) is -2.92. The molecule has 0 fully saturated rings. The van der Waals surface area contributed by atoms with E-state index in [0.717, 1.165) is 5.56 Å². The van der Waals surface area contributed by atoms with Gasteiger partial charge in [-0.1, -0.05) is 23.7 Å². The maximum absolute atomic E-state index is 12.5. The lowest BCUT2D eigenvalue weighted by Crippen LogP contribution is -2.52. The van der Waals surface area contributed by atoms with Gasteiger partial charge in [0.1, 0.15) is 11.0 Å². The van der Waals surface area contributed by atoms with E-state index in [1.54, 1.807) is 29.6 Å². The fourth-order valence-corrected chi connectivity index (χ4v) is 4.70. The van der Waals surface area contributed by atoms with E-state index in [1.165, 1.54) is 23.1 Å². The summed E-state index contributed by atoms with van der Waals surface area (Å²) in [4.78, 5) is 22.8. The number of carbonyl (C=O) groups is 1. The predicted molar refractivity (Wildman–Crippen MR) is 90.0 cm³/mol. The highest BCUT2D eigenvalue weighted by Gasteiger charge is 2.42. The van der Waals surface area contributed by atoms with Crippen molar-refractivity contribution in [2.75, 3.05) is 11.8 Å². The third kappa shape index (κ3) is 3.16. The first-order valence-corrected chi connectivity index (χ1v) is 9.52. The fraction of sp³-hybridized carbons (Fsp3) is 0.214. The number of nitrogens with zero attached hydrogens (tertiary/aromatic N) is 1. The van der Waals surface area contributed by atoms with Gasteiger partial charge in [0.15, 0.2) is 0 Å². The van der Waals surface area contributed by atoms with Crippen LogP contribution >= 0.6 is 30.7 Å². The second-order valence-corrected chi connectivity index (χ2v) is 8.11. The van der Waals surface area contributed by atoms with Gasteiger partial charge in [-0.25, -0.2) is 4.57 Å². The maximum Gasteiger partial charge on any atom is 0.434 e. The topological polar surface area (TPSA) is 78.9 Å². The van der Waals surface area contributed by atoms with E-state index >= 15 is 0 Å². The van der Waals surface area contributed by atoms with Crippen LogP contribution < -0.4 is 9.99 Å². The van der Waals surface area contributed by atoms with E-state index in [-0.39, 0.29) is 5.91 Å². The van der Waals surface area contributed by atoms with Gasteiger partial charge in [0.05, 0.1) is 5.69 Å². The molecule has 2 N–H and O–H groups in total. The monoisotopic (exact) mass is 372 g/mol. The van der Waals surface area contributed by atoms with Gasteiger partial charge in [-0.15, -0.1) is 11.3 Å². The number of hydrogen-bond acceptors (Lipinski definition) is 4. The van der Waals surface area contributed by atoms with Crippen LogP contribution in [0, 0.1) is 0 Å². The molecule has 1 aromatic heterocycles. The number of benzene rings is 1. The van der Waals surface area contributed by atoms with Crippen LogP contribution in [0.2, 0.25) is 5.02 Å². The Kier molecular flexibility index (Phi) is 4.49. The third-order valence-corrected chi connectivity index (χ3v) is 6.17. The number of thiophene rings is 1. The van der Waals surface area contributed by atoms with Gasteiger partial charge < -0.3 is 10.2 Å². The van der Waals surface area contributed by atoms with Crippen molar-refractivity contribution in [1.82, 2.24) is 5.32 Å². The Morgan fingerprint density at radius 2 is 2.26 bits per heavy atom. The van der Waals surface area contributed by atoms with Gasteiger partial charge in [0, 0.05) is 18.6 Å². The summed E-state index contributed by atoms with van der Waals surface area (Å²) in [5.41, 5.74) is 1.24. The molecule has 2 atom stereocenters. The highest BCUT2D eigenvalue weighted by molar-refractivity contribution is 7.54. The Morgan fingerprint density at radius 1 is 1.48 bits per heavy atom. The van der Waals surface area contributed by atoms with Gasteiger partial charge >= 0.3 is 7.75 Å². The number of carbonyl (C=O) groups excluding carboxylic acids is 1. The van der Waals surface area contributed by atoms with Crippen molar-refractivity contribution >= 4 is 42.3 Å². The summed E-state index contributed by atoms with van der Waals surface area (Å²) < 4.78 is 18.5. The zero-order chi connectivity index (χ0) is 16.6. The van der Waals surface area contributed by atoms with Crippen molar-refractivity contribution < 1.29 is 18.8 Å². The number of amides is 1. The van der Waals surface area contributed by atoms with E-state index in [4.69, 9.17) is 16.1 Å². The molecule has 1 aromatic carbocycles. The molecule has 1 aliphatic rings. The summed E-state index contributed by atoms with van der Waals surface area (Å²) in [6.07, 6.45) is -0.394. The molecule has 0 saturated heterocycles. The van der Waals surface area contributed by atoms with E-state index in [9.17, 15) is 14.3 Å². The molecule has 0 bridgehead atoms. The fourth-order valence-electron chi connectivity index (χ4n) is 2.52. The minimum Gasteiger partial charge on any atom is -0.330 e. The standard InChI is InChI=1S/C14H14ClN2O4PS/c1-21-22(19,20)17-11-5-6-23-13(11)14(18)16-12(17)8-9-3-2-4-10(15)7-9/h2-7,12H,8H2,1H3,(H,16,18)(H,19,20). The molecule has 23 heavy (non-hydrogen) atoms. The molecule has 0 aliphatic carbocycles. The van der Waals surface area contributed by atoms with Gasteiger partial charge in [0.2, 0.25) is 0 Å². The number of anilines is 1. The molecular formula is C14H14ClN2O4PS. The number of hydrogen-bond donors (Lipinski definition) is 2. The Hall–Kier alpha value is -1.37. The van der Waals surface area contributed by atoms with E-state index in [0.29, 0.717) is 22.0 Å². The Bertz CT molecular complexity index is 797. The third-order valence-electron chi connectivity index (χ3n) is 3.52. The number of nitrogens with one attached hydrogen (secondary N) is 1. The SMILES string of the molecule is COP(=O)(O)N1c2ccsc2C(=O)NC1Cc1cccc(Cl)c1. The zero-order valence-electron chi connectivity index (χ0n) is 12.1. The smallest absolute Gasteiger partial charge is 0.330 e. The lowest BCUT2D eigenvalue weighted by molar-refractivity contribution is 0.0934. The highest BCUT2D eigenvalue weighted by Crippen LogP contribution is 2.52. The van der Waals surface area contributed by atoms with Crippen LogP contribution in [-0.4, -0.2) is 24.1 Å². The van der Waals surface area contributed by atoms with Crippen molar-refractivity contribution in [2.45, 2.75) is 12.6 Å². The molecule has 0 radical (unpaired) electrons. The van der Waals surface area contributed by atoms with Crippen LogP contribution in [0.5, 0.6) is 0 Å². The van der Waals surface area contributed by atoms with Crippen LogP contribution in [0.15, 0.2) is 35.7 Å². The lowest BCUT2D eigenvalue weighted by Gasteiger charge is -2.38. The molecule has 2 heterocycles. The van der Waals surface area contributed by atoms with E-state index < -0.39 is 13.9 Å². The summed E-state index contributed by atoms with van der Waals surface area (Å²) in [6.45, 7) is 0. The average molecular weight is 373 g/mol. The van der Waals surface area contributed by atoms with Crippen molar-refractivity contribution in [3.8, 4) is 0 Å². The Morgan fingerprint density at radius 3 is 2.96 bits per heavy atom. The van der Waals surface area contributed by atoms with Crippen LogP contribution in [-0.2, 0) is 15.5 Å². The van der Waals surface area contributed by atoms with Crippen LogP contribution in [0.3, 0.4) is 0 Å². The van der Waals surface area contributed by atoms with E-state index in [1.807, 2.05) is 6.07 Å². The minimum atomic E-state index is -4.09.